The number of benzene rings is 1. The molecule has 1 aromatic carbocycles. The molecule has 1 saturated heterocycles. The SMILES string of the molecule is CC1CC(C)CN(C2c3cccc(C(C)C)c3OCC2O)C1. The lowest BCUT2D eigenvalue weighted by molar-refractivity contribution is -0.0234. The molecule has 1 aromatic rings. The van der Waals surface area contributed by atoms with Crippen molar-refractivity contribution < 1.29 is 9.84 Å². The van der Waals surface area contributed by atoms with Gasteiger partial charge in [-0.2, -0.15) is 0 Å². The number of fused-ring (bicyclic) bond motifs is 1. The lowest BCUT2D eigenvalue weighted by Gasteiger charge is -2.44. The first-order valence-corrected chi connectivity index (χ1v) is 8.65. The number of aliphatic hydroxyl groups excluding tert-OH is 1. The average Bonchev–Trinajstić information content (AvgIpc) is 2.45. The van der Waals surface area contributed by atoms with E-state index in [0.717, 1.165) is 18.8 Å². The molecule has 0 aliphatic carbocycles. The van der Waals surface area contributed by atoms with E-state index in [1.807, 2.05) is 0 Å². The molecule has 4 unspecified atom stereocenters. The molecule has 3 heteroatoms. The molecule has 4 atom stereocenters. The Hall–Kier alpha value is -1.06. The number of aliphatic hydroxyl groups is 1. The van der Waals surface area contributed by atoms with Crippen LogP contribution in [0.2, 0.25) is 0 Å². The van der Waals surface area contributed by atoms with Crippen molar-refractivity contribution in [3.8, 4) is 5.75 Å². The molecular weight excluding hydrogens is 274 g/mol. The Balaban J connectivity index is 1.97. The summed E-state index contributed by atoms with van der Waals surface area (Å²) in [6.45, 7) is 11.6. The quantitative estimate of drug-likeness (QED) is 0.906. The molecule has 0 spiro atoms. The summed E-state index contributed by atoms with van der Waals surface area (Å²) in [6.07, 6.45) is 0.849. The summed E-state index contributed by atoms with van der Waals surface area (Å²) in [5.41, 5.74) is 2.43. The molecule has 3 nitrogen and oxygen atoms in total. The highest BCUT2D eigenvalue weighted by Gasteiger charge is 2.38. The fraction of sp³-hybridized carbons (Fsp3) is 0.684. The average molecular weight is 303 g/mol. The van der Waals surface area contributed by atoms with Crippen LogP contribution in [0, 0.1) is 11.8 Å². The van der Waals surface area contributed by atoms with Crippen molar-refractivity contribution in [3.05, 3.63) is 29.3 Å². The third kappa shape index (κ3) is 2.89. The summed E-state index contributed by atoms with van der Waals surface area (Å²) < 4.78 is 5.93. The zero-order valence-electron chi connectivity index (χ0n) is 14.2. The molecule has 3 rings (SSSR count). The lowest BCUT2D eigenvalue weighted by Crippen LogP contribution is -2.48. The zero-order valence-corrected chi connectivity index (χ0v) is 14.2. The molecule has 122 valence electrons. The van der Waals surface area contributed by atoms with E-state index in [1.165, 1.54) is 17.5 Å². The van der Waals surface area contributed by atoms with E-state index < -0.39 is 6.10 Å². The second-order valence-corrected chi connectivity index (χ2v) is 7.64. The second-order valence-electron chi connectivity index (χ2n) is 7.64. The van der Waals surface area contributed by atoms with Crippen LogP contribution in [-0.4, -0.2) is 35.8 Å². The van der Waals surface area contributed by atoms with Gasteiger partial charge >= 0.3 is 0 Å². The first kappa shape index (κ1) is 15.8. The third-order valence-electron chi connectivity index (χ3n) is 5.07. The van der Waals surface area contributed by atoms with Gasteiger partial charge in [0.05, 0.1) is 6.04 Å². The first-order chi connectivity index (χ1) is 10.5. The maximum absolute atomic E-state index is 10.6. The van der Waals surface area contributed by atoms with Crippen molar-refractivity contribution in [1.82, 2.24) is 4.90 Å². The Kier molecular flexibility index (Phi) is 4.47. The van der Waals surface area contributed by atoms with Crippen LogP contribution in [0.5, 0.6) is 5.75 Å². The molecule has 0 amide bonds. The van der Waals surface area contributed by atoms with Gasteiger partial charge in [-0.3, -0.25) is 4.90 Å². The molecule has 0 saturated carbocycles. The van der Waals surface area contributed by atoms with Gasteiger partial charge in [-0.15, -0.1) is 0 Å². The van der Waals surface area contributed by atoms with Gasteiger partial charge in [0.15, 0.2) is 0 Å². The van der Waals surface area contributed by atoms with Crippen LogP contribution in [0.25, 0.3) is 0 Å². The monoisotopic (exact) mass is 303 g/mol. The fourth-order valence-electron chi connectivity index (χ4n) is 4.27. The number of nitrogens with zero attached hydrogens (tertiary/aromatic N) is 1. The Morgan fingerprint density at radius 3 is 2.50 bits per heavy atom. The molecule has 1 N–H and O–H groups in total. The summed E-state index contributed by atoms with van der Waals surface area (Å²) in [6, 6.07) is 6.48. The number of hydrogen-bond acceptors (Lipinski definition) is 3. The Bertz CT molecular complexity index is 518. The number of para-hydroxylation sites is 1. The van der Waals surface area contributed by atoms with Crippen molar-refractivity contribution in [2.45, 2.75) is 52.2 Å². The lowest BCUT2D eigenvalue weighted by atomic mass is 9.86. The van der Waals surface area contributed by atoms with Crippen molar-refractivity contribution in [2.75, 3.05) is 19.7 Å². The van der Waals surface area contributed by atoms with Crippen LogP contribution in [0.15, 0.2) is 18.2 Å². The van der Waals surface area contributed by atoms with Crippen LogP contribution < -0.4 is 4.74 Å². The van der Waals surface area contributed by atoms with Crippen molar-refractivity contribution >= 4 is 0 Å². The number of rotatable bonds is 2. The van der Waals surface area contributed by atoms with Crippen molar-refractivity contribution in [1.29, 1.82) is 0 Å². The minimum absolute atomic E-state index is 0.0765. The Morgan fingerprint density at radius 1 is 1.18 bits per heavy atom. The van der Waals surface area contributed by atoms with E-state index in [1.54, 1.807) is 0 Å². The van der Waals surface area contributed by atoms with Gasteiger partial charge in [-0.1, -0.05) is 45.9 Å². The normalized spacial score (nSPS) is 32.6. The molecule has 0 bridgehead atoms. The van der Waals surface area contributed by atoms with Crippen LogP contribution in [0.3, 0.4) is 0 Å². The highest BCUT2D eigenvalue weighted by molar-refractivity contribution is 5.46. The van der Waals surface area contributed by atoms with Crippen LogP contribution in [0.4, 0.5) is 0 Å². The Morgan fingerprint density at radius 2 is 1.86 bits per heavy atom. The van der Waals surface area contributed by atoms with Crippen LogP contribution in [-0.2, 0) is 0 Å². The predicted octanol–water partition coefficient (Wildman–Crippen LogP) is 3.58. The standard InChI is InChI=1S/C19H29NO2/c1-12(2)15-6-5-7-16-18(17(21)11-22-19(15)16)20-9-13(3)8-14(4)10-20/h5-7,12-14,17-18,21H,8-11H2,1-4H3. The highest BCUT2D eigenvalue weighted by Crippen LogP contribution is 2.42. The van der Waals surface area contributed by atoms with Gasteiger partial charge in [0.25, 0.3) is 0 Å². The third-order valence-corrected chi connectivity index (χ3v) is 5.07. The van der Waals surface area contributed by atoms with Crippen LogP contribution in [0.1, 0.15) is 57.2 Å². The number of ether oxygens (including phenoxy) is 1. The summed E-state index contributed by atoms with van der Waals surface area (Å²) in [5, 5.41) is 10.6. The maximum Gasteiger partial charge on any atom is 0.127 e. The summed E-state index contributed by atoms with van der Waals surface area (Å²) in [4.78, 5) is 2.48. The molecule has 2 aliphatic heterocycles. The smallest absolute Gasteiger partial charge is 0.127 e. The molecule has 1 fully saturated rings. The fourth-order valence-corrected chi connectivity index (χ4v) is 4.27. The van der Waals surface area contributed by atoms with Gasteiger partial charge in [0.2, 0.25) is 0 Å². The largest absolute Gasteiger partial charge is 0.490 e. The molecule has 2 heterocycles. The number of likely N-dealkylation sites (tertiary alicyclic amines) is 1. The minimum atomic E-state index is -0.438. The van der Waals surface area contributed by atoms with E-state index in [9.17, 15) is 5.11 Å². The molecule has 2 aliphatic rings. The van der Waals surface area contributed by atoms with E-state index >= 15 is 0 Å². The summed E-state index contributed by atoms with van der Waals surface area (Å²) >= 11 is 0. The molecule has 0 radical (unpaired) electrons. The second kappa shape index (κ2) is 6.21. The molecule has 22 heavy (non-hydrogen) atoms. The molecular formula is C19H29NO2. The molecule has 0 aromatic heterocycles. The van der Waals surface area contributed by atoms with E-state index in [2.05, 4.69) is 50.8 Å². The minimum Gasteiger partial charge on any atom is -0.490 e. The van der Waals surface area contributed by atoms with E-state index in [-0.39, 0.29) is 6.04 Å². The first-order valence-electron chi connectivity index (χ1n) is 8.65. The van der Waals surface area contributed by atoms with Gasteiger partial charge in [0.1, 0.15) is 18.5 Å². The topological polar surface area (TPSA) is 32.7 Å². The Labute approximate surface area is 134 Å². The predicted molar refractivity (Wildman–Crippen MR) is 89.3 cm³/mol. The van der Waals surface area contributed by atoms with E-state index in [0.29, 0.717) is 24.4 Å². The summed E-state index contributed by atoms with van der Waals surface area (Å²) in [7, 11) is 0. The van der Waals surface area contributed by atoms with Gasteiger partial charge in [-0.25, -0.2) is 0 Å². The van der Waals surface area contributed by atoms with Gasteiger partial charge < -0.3 is 9.84 Å². The number of hydrogen-bond donors (Lipinski definition) is 1. The van der Waals surface area contributed by atoms with Gasteiger partial charge in [-0.05, 0) is 29.7 Å². The summed E-state index contributed by atoms with van der Waals surface area (Å²) in [5.74, 6) is 2.83. The number of piperidine rings is 1. The zero-order chi connectivity index (χ0) is 15.9. The highest BCUT2D eigenvalue weighted by atomic mass is 16.5. The van der Waals surface area contributed by atoms with Crippen LogP contribution >= 0.6 is 0 Å². The van der Waals surface area contributed by atoms with E-state index in [4.69, 9.17) is 4.74 Å². The van der Waals surface area contributed by atoms with Gasteiger partial charge in [0, 0.05) is 18.7 Å². The van der Waals surface area contributed by atoms with Crippen molar-refractivity contribution in [2.24, 2.45) is 11.8 Å². The maximum atomic E-state index is 10.6. The van der Waals surface area contributed by atoms with Crippen molar-refractivity contribution in [3.63, 3.8) is 0 Å².